The van der Waals surface area contributed by atoms with Crippen molar-refractivity contribution in [2.75, 3.05) is 20.8 Å². The molecule has 1 aliphatic rings. The number of methoxy groups -OCH3 is 2. The zero-order valence-corrected chi connectivity index (χ0v) is 12.5. The number of aliphatic hydroxyl groups is 1. The first-order chi connectivity index (χ1) is 10.2. The van der Waals surface area contributed by atoms with Crippen LogP contribution >= 0.6 is 0 Å². The Hall–Kier alpha value is -1.82. The lowest BCUT2D eigenvalue weighted by Crippen LogP contribution is -2.39. The monoisotopic (exact) mass is 294 g/mol. The lowest BCUT2D eigenvalue weighted by Gasteiger charge is -2.28. The van der Waals surface area contributed by atoms with Gasteiger partial charge in [0.25, 0.3) is 5.91 Å². The molecule has 6 heteroatoms. The fourth-order valence-electron chi connectivity index (χ4n) is 2.72. The highest BCUT2D eigenvalue weighted by Gasteiger charge is 2.24. The second kappa shape index (κ2) is 7.26. The highest BCUT2D eigenvalue weighted by molar-refractivity contribution is 5.96. The lowest BCUT2D eigenvalue weighted by molar-refractivity contribution is 0.0902. The van der Waals surface area contributed by atoms with Gasteiger partial charge in [-0.1, -0.05) is 6.42 Å². The molecule has 21 heavy (non-hydrogen) atoms. The predicted octanol–water partition coefficient (Wildman–Crippen LogP) is 1.38. The van der Waals surface area contributed by atoms with Crippen molar-refractivity contribution in [1.82, 2.24) is 10.3 Å². The summed E-state index contributed by atoms with van der Waals surface area (Å²) < 4.78 is 10.2. The van der Waals surface area contributed by atoms with Crippen LogP contribution in [0.5, 0.6) is 11.8 Å². The van der Waals surface area contributed by atoms with Crippen molar-refractivity contribution >= 4 is 5.91 Å². The van der Waals surface area contributed by atoms with Crippen LogP contribution in [0.2, 0.25) is 0 Å². The number of nitrogens with one attached hydrogen (secondary N) is 1. The largest absolute Gasteiger partial charge is 0.481 e. The van der Waals surface area contributed by atoms with Gasteiger partial charge < -0.3 is 19.9 Å². The molecule has 2 atom stereocenters. The smallest absolute Gasteiger partial charge is 0.256 e. The number of nitrogens with zero attached hydrogens (tertiary/aromatic N) is 1. The minimum Gasteiger partial charge on any atom is -0.481 e. The van der Waals surface area contributed by atoms with Crippen molar-refractivity contribution < 1.29 is 19.4 Å². The van der Waals surface area contributed by atoms with Gasteiger partial charge in [-0.05, 0) is 31.2 Å². The summed E-state index contributed by atoms with van der Waals surface area (Å²) >= 11 is 0. The summed E-state index contributed by atoms with van der Waals surface area (Å²) in [5, 5.41) is 12.2. The number of amides is 1. The molecule has 1 amide bonds. The highest BCUT2D eigenvalue weighted by Crippen LogP contribution is 2.25. The fraction of sp³-hybridized carbons (Fsp3) is 0.600. The van der Waals surface area contributed by atoms with Gasteiger partial charge in [-0.15, -0.1) is 0 Å². The van der Waals surface area contributed by atoms with Crippen LogP contribution in [0.1, 0.15) is 36.0 Å². The van der Waals surface area contributed by atoms with Crippen LogP contribution < -0.4 is 14.8 Å². The van der Waals surface area contributed by atoms with Crippen LogP contribution in [-0.4, -0.2) is 42.9 Å². The number of rotatable bonds is 5. The van der Waals surface area contributed by atoms with Crippen molar-refractivity contribution in [2.45, 2.75) is 31.7 Å². The normalized spacial score (nSPS) is 21.7. The first kappa shape index (κ1) is 15.6. The van der Waals surface area contributed by atoms with Crippen LogP contribution in [0.25, 0.3) is 0 Å². The summed E-state index contributed by atoms with van der Waals surface area (Å²) in [7, 11) is 2.99. The molecule has 1 heterocycles. The van der Waals surface area contributed by atoms with Gasteiger partial charge in [-0.2, -0.15) is 4.98 Å². The predicted molar refractivity (Wildman–Crippen MR) is 77.6 cm³/mol. The van der Waals surface area contributed by atoms with E-state index in [1.165, 1.54) is 14.2 Å². The first-order valence-corrected chi connectivity index (χ1v) is 7.18. The maximum Gasteiger partial charge on any atom is 0.256 e. The van der Waals surface area contributed by atoms with Crippen LogP contribution in [0, 0.1) is 5.92 Å². The second-order valence-corrected chi connectivity index (χ2v) is 5.30. The van der Waals surface area contributed by atoms with Crippen molar-refractivity contribution in [3.8, 4) is 11.8 Å². The van der Waals surface area contributed by atoms with E-state index in [-0.39, 0.29) is 30.4 Å². The van der Waals surface area contributed by atoms with E-state index in [1.54, 1.807) is 12.1 Å². The minimum absolute atomic E-state index is 0.0928. The van der Waals surface area contributed by atoms with E-state index in [9.17, 15) is 9.90 Å². The number of pyridine rings is 1. The molecule has 0 aromatic carbocycles. The summed E-state index contributed by atoms with van der Waals surface area (Å²) in [6, 6.07) is 3.37. The molecule has 6 nitrogen and oxygen atoms in total. The molecule has 0 saturated heterocycles. The average Bonchev–Trinajstić information content (AvgIpc) is 2.54. The van der Waals surface area contributed by atoms with Crippen LogP contribution in [0.4, 0.5) is 0 Å². The average molecular weight is 294 g/mol. The SMILES string of the molecule is COc1ccc(C(=O)N[C@@H]2CCC[C@@H](CO)C2)c(OC)n1. The van der Waals surface area contributed by atoms with E-state index in [4.69, 9.17) is 9.47 Å². The molecule has 0 aliphatic heterocycles. The Kier molecular flexibility index (Phi) is 5.38. The van der Waals surface area contributed by atoms with E-state index in [0.717, 1.165) is 25.7 Å². The maximum absolute atomic E-state index is 12.4. The van der Waals surface area contributed by atoms with Crippen molar-refractivity contribution in [3.63, 3.8) is 0 Å². The van der Waals surface area contributed by atoms with E-state index >= 15 is 0 Å². The van der Waals surface area contributed by atoms with E-state index in [0.29, 0.717) is 11.4 Å². The van der Waals surface area contributed by atoms with Crippen LogP contribution in [-0.2, 0) is 0 Å². The lowest BCUT2D eigenvalue weighted by atomic mass is 9.86. The van der Waals surface area contributed by atoms with E-state index < -0.39 is 0 Å². The maximum atomic E-state index is 12.4. The summed E-state index contributed by atoms with van der Waals surface area (Å²) in [6.45, 7) is 0.180. The summed E-state index contributed by atoms with van der Waals surface area (Å²) in [6.07, 6.45) is 3.80. The molecule has 0 bridgehead atoms. The number of aliphatic hydroxyl groups excluding tert-OH is 1. The molecule has 0 unspecified atom stereocenters. The third-order valence-electron chi connectivity index (χ3n) is 3.86. The summed E-state index contributed by atoms with van der Waals surface area (Å²) in [5.41, 5.74) is 0.393. The second-order valence-electron chi connectivity index (χ2n) is 5.30. The standard InChI is InChI=1S/C15H22N2O4/c1-20-13-7-6-12(15(17-13)21-2)14(19)16-11-5-3-4-10(8-11)9-18/h6-7,10-11,18H,3-5,8-9H2,1-2H3,(H,16,19)/t10-,11-/m1/s1. The zero-order chi connectivity index (χ0) is 15.2. The molecule has 1 saturated carbocycles. The molecule has 1 aromatic heterocycles. The molecule has 1 aromatic rings. The van der Waals surface area contributed by atoms with Gasteiger partial charge in [0.05, 0.1) is 14.2 Å². The molecule has 1 fully saturated rings. The van der Waals surface area contributed by atoms with Crippen LogP contribution in [0.3, 0.4) is 0 Å². The third-order valence-corrected chi connectivity index (χ3v) is 3.86. The number of ether oxygens (including phenoxy) is 2. The van der Waals surface area contributed by atoms with Gasteiger partial charge in [0.2, 0.25) is 11.8 Å². The quantitative estimate of drug-likeness (QED) is 0.857. The Morgan fingerprint density at radius 3 is 2.86 bits per heavy atom. The Morgan fingerprint density at radius 1 is 1.38 bits per heavy atom. The van der Waals surface area contributed by atoms with Gasteiger partial charge in [0.15, 0.2) is 0 Å². The minimum atomic E-state index is -0.203. The Morgan fingerprint density at radius 2 is 2.19 bits per heavy atom. The van der Waals surface area contributed by atoms with E-state index in [1.807, 2.05) is 0 Å². The van der Waals surface area contributed by atoms with Crippen molar-refractivity contribution in [3.05, 3.63) is 17.7 Å². The van der Waals surface area contributed by atoms with E-state index in [2.05, 4.69) is 10.3 Å². The van der Waals surface area contributed by atoms with Crippen molar-refractivity contribution in [2.24, 2.45) is 5.92 Å². The third kappa shape index (κ3) is 3.85. The molecule has 0 radical (unpaired) electrons. The first-order valence-electron chi connectivity index (χ1n) is 7.18. The Bertz CT molecular complexity index is 493. The van der Waals surface area contributed by atoms with Crippen molar-refractivity contribution in [1.29, 1.82) is 0 Å². The molecule has 1 aliphatic carbocycles. The number of carbonyl (C=O) groups is 1. The number of aromatic nitrogens is 1. The Labute approximate surface area is 124 Å². The molecule has 2 rings (SSSR count). The molecular weight excluding hydrogens is 272 g/mol. The Balaban J connectivity index is 2.06. The fourth-order valence-corrected chi connectivity index (χ4v) is 2.72. The molecule has 2 N–H and O–H groups in total. The van der Waals surface area contributed by atoms with Crippen LogP contribution in [0.15, 0.2) is 12.1 Å². The molecule has 116 valence electrons. The van der Waals surface area contributed by atoms with Gasteiger partial charge >= 0.3 is 0 Å². The van der Waals surface area contributed by atoms with Gasteiger partial charge in [0, 0.05) is 18.7 Å². The number of hydrogen-bond acceptors (Lipinski definition) is 5. The summed E-state index contributed by atoms with van der Waals surface area (Å²) in [5.74, 6) is 0.730. The zero-order valence-electron chi connectivity index (χ0n) is 12.5. The number of hydrogen-bond donors (Lipinski definition) is 2. The highest BCUT2D eigenvalue weighted by atomic mass is 16.5. The summed E-state index contributed by atoms with van der Waals surface area (Å²) in [4.78, 5) is 16.5. The topological polar surface area (TPSA) is 80.7 Å². The van der Waals surface area contributed by atoms with Gasteiger partial charge in [0.1, 0.15) is 5.56 Å². The van der Waals surface area contributed by atoms with Gasteiger partial charge in [-0.3, -0.25) is 4.79 Å². The van der Waals surface area contributed by atoms with Gasteiger partial charge in [-0.25, -0.2) is 0 Å². The molecular formula is C15H22N2O4. The molecule has 0 spiro atoms. The number of carbonyl (C=O) groups excluding carboxylic acids is 1.